The first kappa shape index (κ1) is 24.1. The van der Waals surface area contributed by atoms with E-state index in [1.807, 2.05) is 6.07 Å². The number of ether oxygens (including phenoxy) is 3. The number of nitrogens with one attached hydrogen (secondary N) is 1. The third-order valence-electron chi connectivity index (χ3n) is 3.91. The number of hydrogen-bond acceptors (Lipinski definition) is 5. The van der Waals surface area contributed by atoms with Gasteiger partial charge in [0.2, 0.25) is 5.91 Å². The first-order valence-electron chi connectivity index (χ1n) is 9.36. The molecule has 0 radical (unpaired) electrons. The van der Waals surface area contributed by atoms with Gasteiger partial charge in [-0.1, -0.05) is 12.2 Å². The molecule has 1 N–H and O–H groups in total. The van der Waals surface area contributed by atoms with E-state index in [4.69, 9.17) is 14.2 Å². The third-order valence-corrected chi connectivity index (χ3v) is 3.91. The van der Waals surface area contributed by atoms with E-state index in [1.54, 1.807) is 64.2 Å². The van der Waals surface area contributed by atoms with E-state index in [0.717, 1.165) is 5.56 Å². The van der Waals surface area contributed by atoms with Crippen LogP contribution in [-0.4, -0.2) is 49.3 Å². The van der Waals surface area contributed by atoms with Gasteiger partial charge in [0.05, 0.1) is 14.2 Å². The molecule has 7 nitrogen and oxygen atoms in total. The highest BCUT2D eigenvalue weighted by atomic mass is 16.6. The maximum atomic E-state index is 13.1. The quantitative estimate of drug-likeness (QED) is 0.602. The van der Waals surface area contributed by atoms with Crippen molar-refractivity contribution in [3.63, 3.8) is 0 Å². The standard InChI is InChI=1S/C22H32N2O5/c1-8-10-18(23-21(26)29-22(3,4)5)20(25)24(13-9-2)15-16-11-12-17(27-6)14-19(16)28-7/h8-9,11-12,14,18H,1-2,10,13,15H2,3-7H3,(H,23,26)/t18-/m1/s1. The van der Waals surface area contributed by atoms with Crippen molar-refractivity contribution in [2.75, 3.05) is 20.8 Å². The summed E-state index contributed by atoms with van der Waals surface area (Å²) in [5, 5.41) is 2.64. The second-order valence-electron chi connectivity index (χ2n) is 7.41. The van der Waals surface area contributed by atoms with Gasteiger partial charge in [0.15, 0.2) is 0 Å². The van der Waals surface area contributed by atoms with Crippen molar-refractivity contribution in [2.24, 2.45) is 0 Å². The molecule has 1 aromatic rings. The Morgan fingerprint density at radius 1 is 1.17 bits per heavy atom. The number of hydrogen-bond donors (Lipinski definition) is 1. The summed E-state index contributed by atoms with van der Waals surface area (Å²) in [6, 6.07) is 4.59. The van der Waals surface area contributed by atoms with Gasteiger partial charge in [0.1, 0.15) is 23.1 Å². The van der Waals surface area contributed by atoms with Crippen molar-refractivity contribution in [3.05, 3.63) is 49.1 Å². The topological polar surface area (TPSA) is 77.1 Å². The summed E-state index contributed by atoms with van der Waals surface area (Å²) < 4.78 is 15.9. The van der Waals surface area contributed by atoms with Crippen LogP contribution in [0.3, 0.4) is 0 Å². The van der Waals surface area contributed by atoms with Crippen LogP contribution >= 0.6 is 0 Å². The maximum absolute atomic E-state index is 13.1. The van der Waals surface area contributed by atoms with Crippen molar-refractivity contribution < 1.29 is 23.8 Å². The molecule has 0 saturated heterocycles. The average molecular weight is 405 g/mol. The number of nitrogens with zero attached hydrogens (tertiary/aromatic N) is 1. The van der Waals surface area contributed by atoms with Gasteiger partial charge in [0.25, 0.3) is 0 Å². The van der Waals surface area contributed by atoms with E-state index in [-0.39, 0.29) is 18.9 Å². The fourth-order valence-corrected chi connectivity index (χ4v) is 2.63. The number of methoxy groups -OCH3 is 2. The number of benzene rings is 1. The van der Waals surface area contributed by atoms with Crippen molar-refractivity contribution in [1.82, 2.24) is 10.2 Å². The molecule has 1 atom stereocenters. The summed E-state index contributed by atoms with van der Waals surface area (Å²) in [6.07, 6.45) is 2.83. The Bertz CT molecular complexity index is 724. The monoisotopic (exact) mass is 404 g/mol. The summed E-state index contributed by atoms with van der Waals surface area (Å²) >= 11 is 0. The van der Waals surface area contributed by atoms with Crippen LogP contribution in [0.2, 0.25) is 0 Å². The number of carbonyl (C=O) groups excluding carboxylic acids is 2. The van der Waals surface area contributed by atoms with Crippen molar-refractivity contribution >= 4 is 12.0 Å². The van der Waals surface area contributed by atoms with Crippen molar-refractivity contribution in [2.45, 2.75) is 45.4 Å². The molecule has 0 aliphatic heterocycles. The maximum Gasteiger partial charge on any atom is 0.408 e. The van der Waals surface area contributed by atoms with Gasteiger partial charge in [-0.05, 0) is 39.3 Å². The first-order valence-corrected chi connectivity index (χ1v) is 9.36. The zero-order valence-electron chi connectivity index (χ0n) is 18.0. The Morgan fingerprint density at radius 2 is 1.86 bits per heavy atom. The van der Waals surface area contributed by atoms with E-state index in [0.29, 0.717) is 18.0 Å². The lowest BCUT2D eigenvalue weighted by Gasteiger charge is -2.28. The minimum atomic E-state index is -0.799. The molecule has 1 aromatic carbocycles. The first-order chi connectivity index (χ1) is 13.6. The molecule has 0 aliphatic carbocycles. The lowest BCUT2D eigenvalue weighted by atomic mass is 10.1. The minimum Gasteiger partial charge on any atom is -0.497 e. The average Bonchev–Trinajstić information content (AvgIpc) is 2.65. The number of rotatable bonds is 10. The SMILES string of the molecule is C=CC[C@@H](NC(=O)OC(C)(C)C)C(=O)N(CC=C)Cc1ccc(OC)cc1OC. The Labute approximate surface area is 173 Å². The van der Waals surface area contributed by atoms with E-state index >= 15 is 0 Å². The van der Waals surface area contributed by atoms with Crippen molar-refractivity contribution in [3.8, 4) is 11.5 Å². The second kappa shape index (κ2) is 11.1. The van der Waals surface area contributed by atoms with Crippen LogP contribution in [0, 0.1) is 0 Å². The summed E-state index contributed by atoms with van der Waals surface area (Å²) in [4.78, 5) is 26.9. The Morgan fingerprint density at radius 3 is 2.38 bits per heavy atom. The van der Waals surface area contributed by atoms with Crippen LogP contribution < -0.4 is 14.8 Å². The van der Waals surface area contributed by atoms with Gasteiger partial charge in [-0.25, -0.2) is 4.79 Å². The van der Waals surface area contributed by atoms with E-state index in [9.17, 15) is 9.59 Å². The molecule has 160 valence electrons. The number of carbonyl (C=O) groups is 2. The molecule has 0 saturated carbocycles. The summed E-state index contributed by atoms with van der Waals surface area (Å²) in [6.45, 7) is 13.3. The van der Waals surface area contributed by atoms with Gasteiger partial charge in [-0.2, -0.15) is 0 Å². The Hall–Kier alpha value is -2.96. The molecule has 0 spiro atoms. The molecule has 0 unspecified atom stereocenters. The normalized spacial score (nSPS) is 11.8. The Balaban J connectivity index is 3.04. The summed E-state index contributed by atoms with van der Waals surface area (Å²) in [7, 11) is 3.13. The number of alkyl carbamates (subject to hydrolysis) is 1. The zero-order chi connectivity index (χ0) is 22.0. The van der Waals surface area contributed by atoms with Crippen LogP contribution in [0.1, 0.15) is 32.8 Å². The largest absolute Gasteiger partial charge is 0.497 e. The van der Waals surface area contributed by atoms with Gasteiger partial charge >= 0.3 is 6.09 Å². The van der Waals surface area contributed by atoms with Crippen molar-refractivity contribution in [1.29, 1.82) is 0 Å². The summed E-state index contributed by atoms with van der Waals surface area (Å²) in [5.41, 5.74) is 0.140. The second-order valence-corrected chi connectivity index (χ2v) is 7.41. The third kappa shape index (κ3) is 7.89. The lowest BCUT2D eigenvalue weighted by molar-refractivity contribution is -0.133. The molecule has 0 aliphatic rings. The lowest BCUT2D eigenvalue weighted by Crippen LogP contribution is -2.49. The number of amides is 2. The van der Waals surface area contributed by atoms with Gasteiger partial charge in [0, 0.05) is 24.7 Å². The van der Waals surface area contributed by atoms with Crippen LogP contribution in [0.15, 0.2) is 43.5 Å². The van der Waals surface area contributed by atoms with E-state index < -0.39 is 17.7 Å². The van der Waals surface area contributed by atoms with Crippen LogP contribution in [-0.2, 0) is 16.1 Å². The molecule has 7 heteroatoms. The van der Waals surface area contributed by atoms with Gasteiger partial charge < -0.3 is 24.4 Å². The molecule has 29 heavy (non-hydrogen) atoms. The van der Waals surface area contributed by atoms with E-state index in [1.165, 1.54) is 0 Å². The highest BCUT2D eigenvalue weighted by Crippen LogP contribution is 2.26. The Kier molecular flexibility index (Phi) is 9.25. The predicted molar refractivity (Wildman–Crippen MR) is 113 cm³/mol. The van der Waals surface area contributed by atoms with Crippen LogP contribution in [0.25, 0.3) is 0 Å². The molecule has 0 aromatic heterocycles. The molecular formula is C22H32N2O5. The van der Waals surface area contributed by atoms with E-state index in [2.05, 4.69) is 18.5 Å². The van der Waals surface area contributed by atoms with Gasteiger partial charge in [-0.3, -0.25) is 4.79 Å². The molecular weight excluding hydrogens is 372 g/mol. The van der Waals surface area contributed by atoms with Crippen LogP contribution in [0.4, 0.5) is 4.79 Å². The van der Waals surface area contributed by atoms with Crippen LogP contribution in [0.5, 0.6) is 11.5 Å². The highest BCUT2D eigenvalue weighted by Gasteiger charge is 2.27. The zero-order valence-corrected chi connectivity index (χ0v) is 18.0. The smallest absolute Gasteiger partial charge is 0.408 e. The molecule has 0 fully saturated rings. The molecule has 0 bridgehead atoms. The van der Waals surface area contributed by atoms with Gasteiger partial charge in [-0.15, -0.1) is 13.2 Å². The highest BCUT2D eigenvalue weighted by molar-refractivity contribution is 5.86. The molecule has 0 heterocycles. The molecule has 1 rings (SSSR count). The fourth-order valence-electron chi connectivity index (χ4n) is 2.63. The summed E-state index contributed by atoms with van der Waals surface area (Å²) in [5.74, 6) is 0.989. The fraction of sp³-hybridized carbons (Fsp3) is 0.455. The molecule has 2 amide bonds. The minimum absolute atomic E-state index is 0.269. The predicted octanol–water partition coefficient (Wildman–Crippen LogP) is 3.69.